The van der Waals surface area contributed by atoms with Gasteiger partial charge >= 0.3 is 5.63 Å². The van der Waals surface area contributed by atoms with E-state index in [1.807, 2.05) is 25.1 Å². The standard InChI is InChI=1S/C23H26N2O5/c1-4-15-11-17(30-24-15)13-25(3)22(26)14(2)28-16-9-10-19-18-7-5-6-8-20(18)23(27)29-21(19)12-16/h9-12,14H,4-8,13H2,1-3H3. The number of nitrogens with zero attached hydrogens (tertiary/aromatic N) is 2. The SMILES string of the molecule is CCc1cc(CN(C)C(=O)C(C)Oc2ccc3c4c(c(=O)oc3c2)CCCC4)on1. The lowest BCUT2D eigenvalue weighted by Crippen LogP contribution is -2.37. The molecular weight excluding hydrogens is 384 g/mol. The Morgan fingerprint density at radius 2 is 2.00 bits per heavy atom. The highest BCUT2D eigenvalue weighted by molar-refractivity contribution is 5.83. The molecule has 0 radical (unpaired) electrons. The van der Waals surface area contributed by atoms with Gasteiger partial charge < -0.3 is 18.6 Å². The molecule has 0 saturated heterocycles. The average molecular weight is 410 g/mol. The summed E-state index contributed by atoms with van der Waals surface area (Å²) in [4.78, 5) is 26.6. The van der Waals surface area contributed by atoms with Crippen LogP contribution in [0.4, 0.5) is 0 Å². The second kappa shape index (κ2) is 8.34. The van der Waals surface area contributed by atoms with Gasteiger partial charge in [0.25, 0.3) is 5.91 Å². The largest absolute Gasteiger partial charge is 0.481 e. The first-order chi connectivity index (χ1) is 14.5. The number of carbonyl (C=O) groups excluding carboxylic acids is 1. The molecule has 1 atom stereocenters. The number of aromatic nitrogens is 1. The molecule has 3 aromatic rings. The van der Waals surface area contributed by atoms with E-state index in [1.165, 1.54) is 0 Å². The molecule has 1 aromatic carbocycles. The van der Waals surface area contributed by atoms with Crippen LogP contribution in [0.15, 0.2) is 38.0 Å². The molecule has 2 aromatic heterocycles. The van der Waals surface area contributed by atoms with Crippen LogP contribution in [0, 0.1) is 0 Å². The Hall–Kier alpha value is -3.09. The number of hydrogen-bond acceptors (Lipinski definition) is 6. The molecule has 1 amide bonds. The van der Waals surface area contributed by atoms with Crippen molar-refractivity contribution in [2.24, 2.45) is 0 Å². The molecule has 7 heteroatoms. The lowest BCUT2D eigenvalue weighted by molar-refractivity contribution is -0.137. The molecule has 0 bridgehead atoms. The number of amides is 1. The van der Waals surface area contributed by atoms with E-state index in [0.29, 0.717) is 23.6 Å². The first-order valence-corrected chi connectivity index (χ1v) is 10.4. The van der Waals surface area contributed by atoms with Crippen molar-refractivity contribution in [3.05, 3.63) is 57.3 Å². The minimum atomic E-state index is -0.703. The highest BCUT2D eigenvalue weighted by Gasteiger charge is 2.22. The fraction of sp³-hybridized carbons (Fsp3) is 0.435. The van der Waals surface area contributed by atoms with Crippen molar-refractivity contribution in [2.75, 3.05) is 7.05 Å². The van der Waals surface area contributed by atoms with Crippen LogP contribution in [0.1, 0.15) is 49.3 Å². The molecule has 1 aliphatic carbocycles. The van der Waals surface area contributed by atoms with E-state index in [1.54, 1.807) is 24.9 Å². The molecule has 1 aliphatic rings. The molecule has 2 heterocycles. The van der Waals surface area contributed by atoms with Crippen LogP contribution in [-0.2, 0) is 30.6 Å². The Morgan fingerprint density at radius 1 is 1.23 bits per heavy atom. The molecule has 0 N–H and O–H groups in total. The number of benzene rings is 1. The third kappa shape index (κ3) is 3.97. The zero-order chi connectivity index (χ0) is 21.3. The van der Waals surface area contributed by atoms with E-state index in [-0.39, 0.29) is 11.5 Å². The van der Waals surface area contributed by atoms with Crippen LogP contribution in [0.5, 0.6) is 5.75 Å². The maximum atomic E-state index is 12.7. The topological polar surface area (TPSA) is 85.8 Å². The monoisotopic (exact) mass is 410 g/mol. The van der Waals surface area contributed by atoms with Crippen molar-refractivity contribution >= 4 is 16.9 Å². The van der Waals surface area contributed by atoms with Gasteiger partial charge in [-0.1, -0.05) is 12.1 Å². The van der Waals surface area contributed by atoms with Crippen molar-refractivity contribution in [1.29, 1.82) is 0 Å². The van der Waals surface area contributed by atoms with Gasteiger partial charge in [0.1, 0.15) is 11.3 Å². The number of fused-ring (bicyclic) bond motifs is 3. The first-order valence-electron chi connectivity index (χ1n) is 10.4. The summed E-state index contributed by atoms with van der Waals surface area (Å²) in [5.74, 6) is 0.937. The normalized spacial score (nSPS) is 14.4. The summed E-state index contributed by atoms with van der Waals surface area (Å²) in [6.45, 7) is 4.01. The number of likely N-dealkylation sites (N-methyl/N-ethyl adjacent to an activating group) is 1. The van der Waals surface area contributed by atoms with Crippen LogP contribution in [0.3, 0.4) is 0 Å². The predicted octanol–water partition coefficient (Wildman–Crippen LogP) is 3.65. The number of ether oxygens (including phenoxy) is 1. The van der Waals surface area contributed by atoms with Gasteiger partial charge in [-0.15, -0.1) is 0 Å². The summed E-state index contributed by atoms with van der Waals surface area (Å²) in [6, 6.07) is 7.28. The lowest BCUT2D eigenvalue weighted by atomic mass is 9.91. The van der Waals surface area contributed by atoms with E-state index in [9.17, 15) is 9.59 Å². The van der Waals surface area contributed by atoms with Gasteiger partial charge in [0.05, 0.1) is 12.2 Å². The van der Waals surface area contributed by atoms with Gasteiger partial charge in [0, 0.05) is 30.1 Å². The van der Waals surface area contributed by atoms with Crippen LogP contribution in [-0.4, -0.2) is 29.1 Å². The molecular formula is C23H26N2O5. The number of hydrogen-bond donors (Lipinski definition) is 0. The van der Waals surface area contributed by atoms with Crippen LogP contribution in [0.25, 0.3) is 11.0 Å². The summed E-state index contributed by atoms with van der Waals surface area (Å²) in [5, 5.41) is 4.89. The zero-order valence-electron chi connectivity index (χ0n) is 17.6. The van der Waals surface area contributed by atoms with Gasteiger partial charge in [0.2, 0.25) is 0 Å². The molecule has 7 nitrogen and oxygen atoms in total. The number of rotatable bonds is 6. The molecule has 4 rings (SSSR count). The average Bonchev–Trinajstić information content (AvgIpc) is 3.20. The van der Waals surface area contributed by atoms with Gasteiger partial charge in [-0.05, 0) is 56.7 Å². The minimum Gasteiger partial charge on any atom is -0.481 e. The minimum absolute atomic E-state index is 0.184. The predicted molar refractivity (Wildman–Crippen MR) is 112 cm³/mol. The van der Waals surface area contributed by atoms with E-state index in [0.717, 1.165) is 54.3 Å². The Bertz CT molecular complexity index is 1130. The van der Waals surface area contributed by atoms with Crippen molar-refractivity contribution in [3.8, 4) is 5.75 Å². The van der Waals surface area contributed by atoms with Crippen molar-refractivity contribution in [3.63, 3.8) is 0 Å². The zero-order valence-corrected chi connectivity index (χ0v) is 17.6. The second-order valence-electron chi connectivity index (χ2n) is 7.80. The van der Waals surface area contributed by atoms with Crippen molar-refractivity contribution < 1.29 is 18.5 Å². The highest BCUT2D eigenvalue weighted by Crippen LogP contribution is 2.29. The quantitative estimate of drug-likeness (QED) is 0.577. The van der Waals surface area contributed by atoms with E-state index >= 15 is 0 Å². The summed E-state index contributed by atoms with van der Waals surface area (Å²) < 4.78 is 16.6. The van der Waals surface area contributed by atoms with E-state index < -0.39 is 6.10 Å². The summed E-state index contributed by atoms with van der Waals surface area (Å²) in [5.41, 5.74) is 2.97. The number of carbonyl (C=O) groups is 1. The van der Waals surface area contributed by atoms with Gasteiger partial charge in [-0.3, -0.25) is 4.79 Å². The highest BCUT2D eigenvalue weighted by atomic mass is 16.5. The Balaban J connectivity index is 1.48. The summed E-state index contributed by atoms with van der Waals surface area (Å²) >= 11 is 0. The molecule has 1 unspecified atom stereocenters. The Labute approximate surface area is 174 Å². The van der Waals surface area contributed by atoms with E-state index in [2.05, 4.69) is 5.16 Å². The number of aryl methyl sites for hydroxylation is 2. The molecule has 0 spiro atoms. The van der Waals surface area contributed by atoms with Crippen LogP contribution >= 0.6 is 0 Å². The lowest BCUT2D eigenvalue weighted by Gasteiger charge is -2.21. The second-order valence-corrected chi connectivity index (χ2v) is 7.80. The maximum absolute atomic E-state index is 12.7. The molecule has 158 valence electrons. The summed E-state index contributed by atoms with van der Waals surface area (Å²) in [6.07, 6.45) is 3.83. The molecule has 0 saturated carbocycles. The van der Waals surface area contributed by atoms with Gasteiger partial charge in [0.15, 0.2) is 11.9 Å². The van der Waals surface area contributed by atoms with Crippen molar-refractivity contribution in [1.82, 2.24) is 10.1 Å². The Morgan fingerprint density at radius 3 is 2.73 bits per heavy atom. The van der Waals surface area contributed by atoms with E-state index in [4.69, 9.17) is 13.7 Å². The van der Waals surface area contributed by atoms with Gasteiger partial charge in [-0.25, -0.2) is 4.79 Å². The molecule has 30 heavy (non-hydrogen) atoms. The van der Waals surface area contributed by atoms with Crippen molar-refractivity contribution in [2.45, 2.75) is 58.6 Å². The molecule has 0 fully saturated rings. The third-order valence-electron chi connectivity index (χ3n) is 5.59. The van der Waals surface area contributed by atoms with Gasteiger partial charge in [-0.2, -0.15) is 0 Å². The third-order valence-corrected chi connectivity index (χ3v) is 5.59. The van der Waals surface area contributed by atoms with Crippen LogP contribution in [0.2, 0.25) is 0 Å². The fourth-order valence-electron chi connectivity index (χ4n) is 3.97. The summed E-state index contributed by atoms with van der Waals surface area (Å²) in [7, 11) is 1.70. The smallest absolute Gasteiger partial charge is 0.339 e. The Kier molecular flexibility index (Phi) is 5.61. The fourth-order valence-corrected chi connectivity index (χ4v) is 3.97. The van der Waals surface area contributed by atoms with Crippen LogP contribution < -0.4 is 10.4 Å². The molecule has 0 aliphatic heterocycles. The first kappa shape index (κ1) is 20.2. The maximum Gasteiger partial charge on any atom is 0.339 e.